The molecule has 4 nitrogen and oxygen atoms in total. The highest BCUT2D eigenvalue weighted by atomic mass is 16.5. The molecule has 1 aromatic rings. The van der Waals surface area contributed by atoms with E-state index in [1.807, 2.05) is 13.1 Å². The summed E-state index contributed by atoms with van der Waals surface area (Å²) in [5.41, 5.74) is 8.60. The molecule has 0 radical (unpaired) electrons. The van der Waals surface area contributed by atoms with Crippen LogP contribution in [0.5, 0.6) is 5.75 Å². The minimum atomic E-state index is -0.319. The van der Waals surface area contributed by atoms with Gasteiger partial charge in [0.15, 0.2) is 6.10 Å². The number of likely N-dealkylation sites (tertiary alicyclic amines) is 1. The highest BCUT2D eigenvalue weighted by molar-refractivity contribution is 5.83. The SMILES string of the molecule is CN1CCC(Oc2ccc3c(c2)CCCC3N)C1=O. The zero-order valence-corrected chi connectivity index (χ0v) is 11.3. The predicted octanol–water partition coefficient (Wildman–Crippen LogP) is 1.63. The van der Waals surface area contributed by atoms with Crippen molar-refractivity contribution in [3.8, 4) is 5.75 Å². The number of ether oxygens (including phenoxy) is 1. The van der Waals surface area contributed by atoms with Gasteiger partial charge in [-0.1, -0.05) is 6.07 Å². The number of benzene rings is 1. The normalized spacial score (nSPS) is 26.4. The summed E-state index contributed by atoms with van der Waals surface area (Å²) in [6, 6.07) is 6.20. The quantitative estimate of drug-likeness (QED) is 0.879. The zero-order valence-electron chi connectivity index (χ0n) is 11.3. The van der Waals surface area contributed by atoms with Crippen LogP contribution >= 0.6 is 0 Å². The van der Waals surface area contributed by atoms with E-state index < -0.39 is 0 Å². The van der Waals surface area contributed by atoms with Gasteiger partial charge in [0, 0.05) is 26.1 Å². The third-order valence-corrected chi connectivity index (χ3v) is 4.13. The lowest BCUT2D eigenvalue weighted by Crippen LogP contribution is -2.29. The number of nitrogens with two attached hydrogens (primary N) is 1. The van der Waals surface area contributed by atoms with Gasteiger partial charge in [0.2, 0.25) is 0 Å². The number of aryl methyl sites for hydroxylation is 1. The summed E-state index contributed by atoms with van der Waals surface area (Å²) in [5.74, 6) is 0.871. The van der Waals surface area contributed by atoms with Gasteiger partial charge in [0.05, 0.1) is 0 Å². The minimum absolute atomic E-state index is 0.0782. The molecular formula is C15H20N2O2. The Kier molecular flexibility index (Phi) is 3.19. The van der Waals surface area contributed by atoms with Gasteiger partial charge < -0.3 is 15.4 Å². The maximum Gasteiger partial charge on any atom is 0.263 e. The molecule has 0 spiro atoms. The van der Waals surface area contributed by atoms with Crippen molar-refractivity contribution in [2.24, 2.45) is 5.73 Å². The topological polar surface area (TPSA) is 55.6 Å². The van der Waals surface area contributed by atoms with Gasteiger partial charge in [-0.15, -0.1) is 0 Å². The second kappa shape index (κ2) is 4.85. The summed E-state index contributed by atoms with van der Waals surface area (Å²) in [6.45, 7) is 0.777. The van der Waals surface area contributed by atoms with Crippen LogP contribution in [0.3, 0.4) is 0 Å². The lowest BCUT2D eigenvalue weighted by atomic mass is 9.88. The van der Waals surface area contributed by atoms with Crippen molar-refractivity contribution in [1.82, 2.24) is 4.90 Å². The van der Waals surface area contributed by atoms with Crippen LogP contribution in [-0.2, 0) is 11.2 Å². The number of hydrogen-bond acceptors (Lipinski definition) is 3. The third kappa shape index (κ3) is 2.32. The molecular weight excluding hydrogens is 240 g/mol. The average Bonchev–Trinajstić information content (AvgIpc) is 2.71. The van der Waals surface area contributed by atoms with Crippen LogP contribution < -0.4 is 10.5 Å². The first-order valence-electron chi connectivity index (χ1n) is 6.95. The Morgan fingerprint density at radius 2 is 2.21 bits per heavy atom. The largest absolute Gasteiger partial charge is 0.481 e. The minimum Gasteiger partial charge on any atom is -0.481 e. The number of hydrogen-bond donors (Lipinski definition) is 1. The van der Waals surface area contributed by atoms with Crippen LogP contribution in [0.2, 0.25) is 0 Å². The fourth-order valence-electron chi connectivity index (χ4n) is 2.97. The molecule has 1 aliphatic heterocycles. The molecule has 4 heteroatoms. The molecule has 19 heavy (non-hydrogen) atoms. The van der Waals surface area contributed by atoms with E-state index in [2.05, 4.69) is 12.1 Å². The molecule has 0 aromatic heterocycles. The van der Waals surface area contributed by atoms with E-state index in [1.54, 1.807) is 4.90 Å². The maximum absolute atomic E-state index is 11.8. The van der Waals surface area contributed by atoms with Gasteiger partial charge in [-0.25, -0.2) is 0 Å². The molecule has 2 aliphatic rings. The summed E-state index contributed by atoms with van der Waals surface area (Å²) in [4.78, 5) is 13.6. The number of nitrogens with zero attached hydrogens (tertiary/aromatic N) is 1. The molecule has 2 atom stereocenters. The fourth-order valence-corrected chi connectivity index (χ4v) is 2.97. The predicted molar refractivity (Wildman–Crippen MR) is 73.0 cm³/mol. The molecule has 2 unspecified atom stereocenters. The highest BCUT2D eigenvalue weighted by Crippen LogP contribution is 2.31. The van der Waals surface area contributed by atoms with Crippen molar-refractivity contribution in [3.05, 3.63) is 29.3 Å². The van der Waals surface area contributed by atoms with Gasteiger partial charge >= 0.3 is 0 Å². The number of rotatable bonds is 2. The van der Waals surface area contributed by atoms with E-state index in [0.717, 1.165) is 38.0 Å². The summed E-state index contributed by atoms with van der Waals surface area (Å²) < 4.78 is 5.83. The Labute approximate surface area is 113 Å². The molecule has 3 rings (SSSR count). The highest BCUT2D eigenvalue weighted by Gasteiger charge is 2.31. The number of amides is 1. The van der Waals surface area contributed by atoms with Gasteiger partial charge in [-0.3, -0.25) is 4.79 Å². The summed E-state index contributed by atoms with van der Waals surface area (Å²) in [7, 11) is 1.82. The van der Waals surface area contributed by atoms with Crippen LogP contribution in [0.1, 0.15) is 36.4 Å². The maximum atomic E-state index is 11.8. The van der Waals surface area contributed by atoms with Crippen LogP contribution in [0.25, 0.3) is 0 Å². The molecule has 2 N–H and O–H groups in total. The van der Waals surface area contributed by atoms with Crippen molar-refractivity contribution in [3.63, 3.8) is 0 Å². The van der Waals surface area contributed by atoms with Gasteiger partial charge in [0.1, 0.15) is 5.75 Å². The van der Waals surface area contributed by atoms with E-state index in [1.165, 1.54) is 11.1 Å². The Morgan fingerprint density at radius 1 is 1.37 bits per heavy atom. The Hall–Kier alpha value is -1.55. The lowest BCUT2D eigenvalue weighted by molar-refractivity contribution is -0.132. The second-order valence-corrected chi connectivity index (χ2v) is 5.51. The number of likely N-dealkylation sites (N-methyl/N-ethyl adjacent to an activating group) is 1. The molecule has 1 amide bonds. The first-order chi connectivity index (χ1) is 9.15. The van der Waals surface area contributed by atoms with Crippen LogP contribution in [0.15, 0.2) is 18.2 Å². The van der Waals surface area contributed by atoms with Crippen molar-refractivity contribution in [1.29, 1.82) is 0 Å². The lowest BCUT2D eigenvalue weighted by Gasteiger charge is -2.23. The molecule has 1 heterocycles. The van der Waals surface area contributed by atoms with Crippen LogP contribution in [0, 0.1) is 0 Å². The van der Waals surface area contributed by atoms with E-state index in [0.29, 0.717) is 0 Å². The first kappa shape index (κ1) is 12.5. The van der Waals surface area contributed by atoms with Gasteiger partial charge in [-0.05, 0) is 42.5 Å². The first-order valence-corrected chi connectivity index (χ1v) is 6.95. The monoisotopic (exact) mass is 260 g/mol. The smallest absolute Gasteiger partial charge is 0.263 e. The molecule has 102 valence electrons. The van der Waals surface area contributed by atoms with Crippen molar-refractivity contribution in [2.75, 3.05) is 13.6 Å². The average molecular weight is 260 g/mol. The number of carbonyl (C=O) groups excluding carboxylic acids is 1. The zero-order chi connectivity index (χ0) is 13.4. The fraction of sp³-hybridized carbons (Fsp3) is 0.533. The second-order valence-electron chi connectivity index (χ2n) is 5.51. The van der Waals surface area contributed by atoms with Crippen LogP contribution in [-0.4, -0.2) is 30.5 Å². The summed E-state index contributed by atoms with van der Waals surface area (Å²) in [5, 5.41) is 0. The molecule has 1 fully saturated rings. The Morgan fingerprint density at radius 3 is 2.95 bits per heavy atom. The molecule has 0 bridgehead atoms. The van der Waals surface area contributed by atoms with Crippen LogP contribution in [0.4, 0.5) is 0 Å². The summed E-state index contributed by atoms with van der Waals surface area (Å²) >= 11 is 0. The van der Waals surface area contributed by atoms with Crippen molar-refractivity contribution >= 4 is 5.91 Å². The Balaban J connectivity index is 1.77. The van der Waals surface area contributed by atoms with E-state index in [4.69, 9.17) is 10.5 Å². The molecule has 1 aliphatic carbocycles. The standard InChI is InChI=1S/C15H20N2O2/c1-17-8-7-14(15(17)18)19-11-5-6-12-10(9-11)3-2-4-13(12)16/h5-6,9,13-14H,2-4,7-8,16H2,1H3. The number of carbonyl (C=O) groups is 1. The third-order valence-electron chi connectivity index (χ3n) is 4.13. The van der Waals surface area contributed by atoms with E-state index >= 15 is 0 Å². The molecule has 1 saturated heterocycles. The Bertz CT molecular complexity index is 501. The van der Waals surface area contributed by atoms with Crippen molar-refractivity contribution in [2.45, 2.75) is 37.8 Å². The molecule has 0 saturated carbocycles. The van der Waals surface area contributed by atoms with Gasteiger partial charge in [0.25, 0.3) is 5.91 Å². The summed E-state index contributed by atoms with van der Waals surface area (Å²) in [6.07, 6.45) is 3.69. The van der Waals surface area contributed by atoms with E-state index in [-0.39, 0.29) is 18.1 Å². The van der Waals surface area contributed by atoms with E-state index in [9.17, 15) is 4.79 Å². The number of fused-ring (bicyclic) bond motifs is 1. The van der Waals surface area contributed by atoms with Gasteiger partial charge in [-0.2, -0.15) is 0 Å². The van der Waals surface area contributed by atoms with Crippen molar-refractivity contribution < 1.29 is 9.53 Å². The molecule has 1 aromatic carbocycles.